The number of amides is 2. The minimum absolute atomic E-state index is 0.101. The lowest BCUT2D eigenvalue weighted by atomic mass is 10.1. The first kappa shape index (κ1) is 13.4. The van der Waals surface area contributed by atoms with Gasteiger partial charge in [-0.1, -0.05) is 30.3 Å². The molecule has 1 aromatic rings. The summed E-state index contributed by atoms with van der Waals surface area (Å²) in [6.07, 6.45) is 2.13. The van der Waals surface area contributed by atoms with Crippen molar-refractivity contribution in [3.8, 4) is 0 Å². The molecule has 1 N–H and O–H groups in total. The van der Waals surface area contributed by atoms with Crippen molar-refractivity contribution in [2.24, 2.45) is 5.92 Å². The lowest BCUT2D eigenvalue weighted by molar-refractivity contribution is 0.200. The van der Waals surface area contributed by atoms with Gasteiger partial charge in [0, 0.05) is 25.7 Å². The largest absolute Gasteiger partial charge is 0.338 e. The average molecular weight is 273 g/mol. The molecule has 1 aromatic carbocycles. The molecule has 0 spiro atoms. The van der Waals surface area contributed by atoms with Crippen LogP contribution in [-0.2, 0) is 6.42 Å². The smallest absolute Gasteiger partial charge is 0.317 e. The summed E-state index contributed by atoms with van der Waals surface area (Å²) < 4.78 is 0. The number of nitrogens with one attached hydrogen (secondary N) is 1. The monoisotopic (exact) mass is 273 g/mol. The molecule has 4 heteroatoms. The van der Waals surface area contributed by atoms with Gasteiger partial charge in [-0.3, -0.25) is 0 Å². The second-order valence-electron chi connectivity index (χ2n) is 5.97. The molecule has 2 saturated heterocycles. The van der Waals surface area contributed by atoms with E-state index in [-0.39, 0.29) is 6.03 Å². The number of carbonyl (C=O) groups excluding carboxylic acids is 1. The molecule has 0 aliphatic carbocycles. The van der Waals surface area contributed by atoms with Gasteiger partial charge in [0.25, 0.3) is 0 Å². The van der Waals surface area contributed by atoms with Crippen LogP contribution in [0.5, 0.6) is 0 Å². The maximum atomic E-state index is 12.2. The van der Waals surface area contributed by atoms with E-state index in [1.165, 1.54) is 18.5 Å². The SMILES string of the molecule is CN1CC[C@@H]2CN(C(=O)NCCc3ccccc3)C[C@@H]21. The van der Waals surface area contributed by atoms with Gasteiger partial charge >= 0.3 is 6.03 Å². The summed E-state index contributed by atoms with van der Waals surface area (Å²) in [5.74, 6) is 0.680. The first-order valence-corrected chi connectivity index (χ1v) is 7.51. The summed E-state index contributed by atoms with van der Waals surface area (Å²) in [6.45, 7) is 3.70. The Labute approximate surface area is 120 Å². The van der Waals surface area contributed by atoms with Crippen molar-refractivity contribution in [3.05, 3.63) is 35.9 Å². The molecular formula is C16H23N3O. The minimum Gasteiger partial charge on any atom is -0.338 e. The van der Waals surface area contributed by atoms with Crippen LogP contribution in [0.2, 0.25) is 0 Å². The summed E-state index contributed by atoms with van der Waals surface area (Å²) in [6, 6.07) is 11.0. The van der Waals surface area contributed by atoms with Gasteiger partial charge in [-0.2, -0.15) is 0 Å². The third kappa shape index (κ3) is 2.80. The predicted molar refractivity (Wildman–Crippen MR) is 79.6 cm³/mol. The van der Waals surface area contributed by atoms with Crippen LogP contribution in [-0.4, -0.2) is 55.1 Å². The van der Waals surface area contributed by atoms with Crippen molar-refractivity contribution in [2.45, 2.75) is 18.9 Å². The number of carbonyl (C=O) groups is 1. The van der Waals surface area contributed by atoms with E-state index >= 15 is 0 Å². The molecule has 0 unspecified atom stereocenters. The van der Waals surface area contributed by atoms with Crippen LogP contribution >= 0.6 is 0 Å². The predicted octanol–water partition coefficient (Wildman–Crippen LogP) is 1.57. The topological polar surface area (TPSA) is 35.6 Å². The lowest BCUT2D eigenvalue weighted by Crippen LogP contribution is -2.41. The standard InChI is InChI=1S/C16H23N3O/c1-18-10-8-14-11-19(12-15(14)18)16(20)17-9-7-13-5-3-2-4-6-13/h2-6,14-15H,7-12H2,1H3,(H,17,20)/t14-,15+/m1/s1. The fourth-order valence-corrected chi connectivity index (χ4v) is 3.41. The van der Waals surface area contributed by atoms with E-state index < -0.39 is 0 Å². The zero-order valence-electron chi connectivity index (χ0n) is 12.1. The summed E-state index contributed by atoms with van der Waals surface area (Å²) >= 11 is 0. The Morgan fingerprint density at radius 3 is 2.85 bits per heavy atom. The zero-order valence-corrected chi connectivity index (χ0v) is 12.1. The molecule has 2 aliphatic heterocycles. The van der Waals surface area contributed by atoms with Gasteiger partial charge in [-0.25, -0.2) is 4.79 Å². The van der Waals surface area contributed by atoms with E-state index in [2.05, 4.69) is 29.4 Å². The second-order valence-corrected chi connectivity index (χ2v) is 5.97. The second kappa shape index (κ2) is 5.83. The highest BCUT2D eigenvalue weighted by molar-refractivity contribution is 5.74. The summed E-state index contributed by atoms with van der Waals surface area (Å²) in [5.41, 5.74) is 1.27. The molecule has 2 fully saturated rings. The van der Waals surface area contributed by atoms with Gasteiger partial charge in [-0.15, -0.1) is 0 Å². The molecule has 3 rings (SSSR count). The normalized spacial score (nSPS) is 25.8. The Morgan fingerprint density at radius 2 is 2.10 bits per heavy atom. The highest BCUT2D eigenvalue weighted by atomic mass is 16.2. The summed E-state index contributed by atoms with van der Waals surface area (Å²) in [7, 11) is 2.17. The molecule has 0 saturated carbocycles. The van der Waals surface area contributed by atoms with Crippen molar-refractivity contribution in [1.82, 2.24) is 15.1 Å². The Balaban J connectivity index is 1.44. The molecule has 20 heavy (non-hydrogen) atoms. The van der Waals surface area contributed by atoms with Crippen molar-refractivity contribution < 1.29 is 4.79 Å². The fraction of sp³-hybridized carbons (Fsp3) is 0.562. The van der Waals surface area contributed by atoms with E-state index in [0.717, 1.165) is 19.5 Å². The highest BCUT2D eigenvalue weighted by Gasteiger charge is 2.40. The number of hydrogen-bond donors (Lipinski definition) is 1. The molecule has 0 aromatic heterocycles. The number of likely N-dealkylation sites (N-methyl/N-ethyl adjacent to an activating group) is 1. The van der Waals surface area contributed by atoms with Crippen LogP contribution in [0, 0.1) is 5.92 Å². The van der Waals surface area contributed by atoms with Crippen LogP contribution in [0.15, 0.2) is 30.3 Å². The van der Waals surface area contributed by atoms with Gasteiger partial charge in [0.1, 0.15) is 0 Å². The fourth-order valence-electron chi connectivity index (χ4n) is 3.41. The van der Waals surface area contributed by atoms with Crippen molar-refractivity contribution in [3.63, 3.8) is 0 Å². The summed E-state index contributed by atoms with van der Waals surface area (Å²) in [4.78, 5) is 16.5. The molecular weight excluding hydrogens is 250 g/mol. The lowest BCUT2D eigenvalue weighted by Gasteiger charge is -2.21. The van der Waals surface area contributed by atoms with Gasteiger partial charge in [0.05, 0.1) is 0 Å². The van der Waals surface area contributed by atoms with Crippen LogP contribution in [0.4, 0.5) is 4.79 Å². The first-order chi connectivity index (χ1) is 9.74. The summed E-state index contributed by atoms with van der Waals surface area (Å²) in [5, 5.41) is 3.05. The zero-order chi connectivity index (χ0) is 13.9. The number of urea groups is 1. The van der Waals surface area contributed by atoms with Crippen molar-refractivity contribution in [1.29, 1.82) is 0 Å². The van der Waals surface area contributed by atoms with Gasteiger partial charge in [0.15, 0.2) is 0 Å². The Bertz CT molecular complexity index is 462. The van der Waals surface area contributed by atoms with Crippen LogP contribution in [0.1, 0.15) is 12.0 Å². The maximum Gasteiger partial charge on any atom is 0.317 e. The number of nitrogens with zero attached hydrogens (tertiary/aromatic N) is 2. The van der Waals surface area contributed by atoms with Crippen LogP contribution < -0.4 is 5.32 Å². The minimum atomic E-state index is 0.101. The van der Waals surface area contributed by atoms with Crippen molar-refractivity contribution in [2.75, 3.05) is 33.2 Å². The number of hydrogen-bond acceptors (Lipinski definition) is 2. The van der Waals surface area contributed by atoms with Gasteiger partial charge < -0.3 is 15.1 Å². The highest BCUT2D eigenvalue weighted by Crippen LogP contribution is 2.29. The van der Waals surface area contributed by atoms with Gasteiger partial charge in [-0.05, 0) is 37.9 Å². The average Bonchev–Trinajstić information content (AvgIpc) is 3.03. The van der Waals surface area contributed by atoms with Crippen LogP contribution in [0.3, 0.4) is 0 Å². The van der Waals surface area contributed by atoms with E-state index in [1.807, 2.05) is 23.1 Å². The van der Waals surface area contributed by atoms with E-state index in [0.29, 0.717) is 18.5 Å². The number of benzene rings is 1. The Hall–Kier alpha value is -1.55. The van der Waals surface area contributed by atoms with E-state index in [9.17, 15) is 4.79 Å². The maximum absolute atomic E-state index is 12.2. The first-order valence-electron chi connectivity index (χ1n) is 7.51. The molecule has 4 nitrogen and oxygen atoms in total. The van der Waals surface area contributed by atoms with Crippen molar-refractivity contribution >= 4 is 6.03 Å². The molecule has 0 radical (unpaired) electrons. The van der Waals surface area contributed by atoms with E-state index in [4.69, 9.17) is 0 Å². The molecule has 0 bridgehead atoms. The molecule has 108 valence electrons. The number of rotatable bonds is 3. The Kier molecular flexibility index (Phi) is 3.92. The molecule has 2 heterocycles. The molecule has 2 amide bonds. The van der Waals surface area contributed by atoms with Crippen LogP contribution in [0.25, 0.3) is 0 Å². The number of likely N-dealkylation sites (tertiary alicyclic amines) is 2. The molecule has 2 atom stereocenters. The Morgan fingerprint density at radius 1 is 1.30 bits per heavy atom. The van der Waals surface area contributed by atoms with E-state index in [1.54, 1.807) is 0 Å². The van der Waals surface area contributed by atoms with Gasteiger partial charge in [0.2, 0.25) is 0 Å². The third-order valence-corrected chi connectivity index (χ3v) is 4.65. The molecule has 2 aliphatic rings. The quantitative estimate of drug-likeness (QED) is 0.907. The number of fused-ring (bicyclic) bond motifs is 1. The third-order valence-electron chi connectivity index (χ3n) is 4.65.